The highest BCUT2D eigenvalue weighted by Gasteiger charge is 2.93. The molecule has 0 radical (unpaired) electrons. The number of hydrogen-bond donors (Lipinski definition) is 0. The van der Waals surface area contributed by atoms with Gasteiger partial charge in [0.05, 0.1) is 0 Å². The first-order valence-corrected chi connectivity index (χ1v) is 17.3. The summed E-state index contributed by atoms with van der Waals surface area (Å²) >= 11 is 0. The Labute approximate surface area is 234 Å². The van der Waals surface area contributed by atoms with Gasteiger partial charge in [-0.1, -0.05) is 24.6 Å². The van der Waals surface area contributed by atoms with Crippen LogP contribution in [0.2, 0.25) is 0 Å². The van der Waals surface area contributed by atoms with Crippen molar-refractivity contribution in [1.82, 2.24) is 0 Å². The van der Waals surface area contributed by atoms with Crippen LogP contribution in [-0.2, 0) is 23.7 Å². The monoisotopic (exact) mass is 510 g/mol. The van der Waals surface area contributed by atoms with Crippen LogP contribution >= 0.6 is 0 Å². The predicted molar refractivity (Wildman–Crippen MR) is 152 cm³/mol. The maximum absolute atomic E-state index is 2.97. The molecule has 14 atom stereocenters. The van der Waals surface area contributed by atoms with Crippen LogP contribution in [0.25, 0.3) is 22.3 Å². The molecule has 40 heavy (non-hydrogen) atoms. The van der Waals surface area contributed by atoms with Crippen molar-refractivity contribution >= 4 is 11.1 Å². The predicted octanol–water partition coefficient (Wildman–Crippen LogP) is 7.57. The molecule has 2 aromatic carbocycles. The number of rotatable bonds is 0. The van der Waals surface area contributed by atoms with Crippen molar-refractivity contribution in [2.24, 2.45) is 58.7 Å². The molecule has 15 aliphatic rings. The van der Waals surface area contributed by atoms with Crippen LogP contribution < -0.4 is 0 Å². The van der Waals surface area contributed by atoms with Gasteiger partial charge in [0.2, 0.25) is 0 Å². The Morgan fingerprint density at radius 3 is 2.62 bits per heavy atom. The van der Waals surface area contributed by atoms with E-state index in [0.717, 1.165) is 65.1 Å². The van der Waals surface area contributed by atoms with Gasteiger partial charge >= 0.3 is 0 Å². The molecule has 2 aromatic rings. The van der Waals surface area contributed by atoms with Gasteiger partial charge in [0.25, 0.3) is 0 Å². The first kappa shape index (κ1) is 17.6. The van der Waals surface area contributed by atoms with Gasteiger partial charge in [0.15, 0.2) is 0 Å². The van der Waals surface area contributed by atoms with E-state index in [1.54, 1.807) is 12.8 Å². The van der Waals surface area contributed by atoms with Gasteiger partial charge in [-0.25, -0.2) is 0 Å². The molecule has 15 aliphatic carbocycles. The summed E-state index contributed by atoms with van der Waals surface area (Å²) in [6, 6.07) is 2.86. The summed E-state index contributed by atoms with van der Waals surface area (Å²) in [7, 11) is 0. The molecular formula is C40H30. The van der Waals surface area contributed by atoms with Crippen LogP contribution in [0.1, 0.15) is 101 Å². The normalized spacial score (nSPS) is 58.4. The Bertz CT molecular complexity index is 2150. The summed E-state index contributed by atoms with van der Waals surface area (Å²) in [5, 5.41) is 0. The molecule has 2 spiro atoms. The standard InChI is InChI=1S/C40H30/c1-38-32-15-5-14-4-12-2-11-3-13-6-18-10-39-9-17-8-16(7-15)33(38)28-23(17)37(39)40(39)34(18)27-20(13)19(11)24-21(12)25(22(14)32)29-26(24)30(27)36(40)31(28)35(29)38/h4,8,11,13,15-16,18-19,24,32-34,37H,2-3,5-7,9-10H2,1H3. The first-order valence-electron chi connectivity index (χ1n) is 17.3. The second kappa shape index (κ2) is 4.18. The molecule has 190 valence electrons. The van der Waals surface area contributed by atoms with E-state index < -0.39 is 0 Å². The second-order valence-electron chi connectivity index (χ2n) is 18.4. The smallest absolute Gasteiger partial charge is 0.0179 e. The van der Waals surface area contributed by atoms with Gasteiger partial charge in [-0.2, -0.15) is 0 Å². The molecule has 0 nitrogen and oxygen atoms in total. The molecule has 0 saturated heterocycles. The van der Waals surface area contributed by atoms with E-state index in [0.29, 0.717) is 16.2 Å². The van der Waals surface area contributed by atoms with Crippen LogP contribution in [-0.4, -0.2) is 0 Å². The van der Waals surface area contributed by atoms with Crippen LogP contribution in [0.15, 0.2) is 28.9 Å². The molecule has 0 heterocycles. The Morgan fingerprint density at radius 1 is 0.750 bits per heavy atom. The maximum Gasteiger partial charge on any atom is 0.0179 e. The van der Waals surface area contributed by atoms with E-state index in [1.165, 1.54) is 32.1 Å². The molecule has 5 saturated carbocycles. The molecule has 0 amide bonds. The molecule has 0 heteroatoms. The third kappa shape index (κ3) is 1.06. The zero-order valence-electron chi connectivity index (χ0n) is 23.0. The van der Waals surface area contributed by atoms with Crippen molar-refractivity contribution in [2.75, 3.05) is 0 Å². The highest BCUT2D eigenvalue weighted by molar-refractivity contribution is 6.09. The Hall–Kier alpha value is -2.34. The number of hydrogen-bond acceptors (Lipinski definition) is 0. The van der Waals surface area contributed by atoms with E-state index in [1.807, 2.05) is 72.4 Å². The summed E-state index contributed by atoms with van der Waals surface area (Å²) in [6.45, 7) is 2.86. The van der Waals surface area contributed by atoms with E-state index in [2.05, 4.69) is 35.8 Å². The minimum absolute atomic E-state index is 0.352. The Balaban J connectivity index is 1.23. The summed E-state index contributed by atoms with van der Waals surface area (Å²) in [5.74, 6) is 9.57. The number of benzene rings is 2. The van der Waals surface area contributed by atoms with Crippen LogP contribution in [0, 0.1) is 58.7 Å². The van der Waals surface area contributed by atoms with E-state index in [-0.39, 0.29) is 0 Å². The molecule has 0 aliphatic heterocycles. The summed E-state index contributed by atoms with van der Waals surface area (Å²) in [5.41, 5.74) is 32.9. The van der Waals surface area contributed by atoms with Gasteiger partial charge in [0, 0.05) is 28.6 Å². The zero-order chi connectivity index (χ0) is 24.5. The minimum Gasteiger partial charge on any atom is -0.0772 e. The molecule has 0 N–H and O–H groups in total. The van der Waals surface area contributed by atoms with Crippen LogP contribution in [0.3, 0.4) is 0 Å². The molecule has 14 unspecified atom stereocenters. The average molecular weight is 511 g/mol. The van der Waals surface area contributed by atoms with Crippen LogP contribution in [0.5, 0.6) is 0 Å². The molecule has 17 rings (SSSR count). The highest BCUT2D eigenvalue weighted by Crippen LogP contribution is 2.98. The lowest BCUT2D eigenvalue weighted by atomic mass is 9.49. The quantitative estimate of drug-likeness (QED) is 0.343. The lowest BCUT2D eigenvalue weighted by molar-refractivity contribution is 0.129. The van der Waals surface area contributed by atoms with Gasteiger partial charge in [-0.3, -0.25) is 0 Å². The Morgan fingerprint density at radius 2 is 1.65 bits per heavy atom. The van der Waals surface area contributed by atoms with Crippen molar-refractivity contribution < 1.29 is 0 Å². The van der Waals surface area contributed by atoms with Crippen LogP contribution in [0.4, 0.5) is 0 Å². The molecular weight excluding hydrogens is 480 g/mol. The fourth-order valence-corrected chi connectivity index (χ4v) is 19.1. The van der Waals surface area contributed by atoms with Gasteiger partial charge < -0.3 is 0 Å². The SMILES string of the molecule is CC12c3c4c5c6c7c3-c3c8c9cc%10c3C1C(C%10)CC1C=C3CC%10%11CC%12CC%13CC(C9)C(C%13=C6C%12C5%10C%11C3=C4C12)C87. The van der Waals surface area contributed by atoms with Gasteiger partial charge in [0.1, 0.15) is 0 Å². The maximum atomic E-state index is 2.97. The Kier molecular flexibility index (Phi) is 1.84. The number of allylic oxidation sites excluding steroid dienone is 6. The van der Waals surface area contributed by atoms with E-state index >= 15 is 0 Å². The second-order valence-corrected chi connectivity index (χ2v) is 18.4. The third-order valence-corrected chi connectivity index (χ3v) is 18.5. The summed E-state index contributed by atoms with van der Waals surface area (Å²) in [6.07, 6.45) is 13.4. The van der Waals surface area contributed by atoms with E-state index in [9.17, 15) is 0 Å². The fraction of sp³-hybridized carbons (Fsp3) is 0.550. The third-order valence-electron chi connectivity index (χ3n) is 18.5. The van der Waals surface area contributed by atoms with Crippen molar-refractivity contribution in [3.63, 3.8) is 0 Å². The van der Waals surface area contributed by atoms with Crippen molar-refractivity contribution in [3.8, 4) is 11.1 Å². The average Bonchev–Trinajstić information content (AvgIpc) is 3.63. The van der Waals surface area contributed by atoms with Gasteiger partial charge in [-0.15, -0.1) is 0 Å². The highest BCUT2D eigenvalue weighted by atomic mass is 14.9. The van der Waals surface area contributed by atoms with Crippen molar-refractivity contribution in [3.05, 3.63) is 78.9 Å². The lowest BCUT2D eigenvalue weighted by Crippen LogP contribution is -2.48. The van der Waals surface area contributed by atoms with Crippen molar-refractivity contribution in [1.29, 1.82) is 0 Å². The van der Waals surface area contributed by atoms with Crippen molar-refractivity contribution in [2.45, 2.75) is 74.5 Å². The zero-order valence-corrected chi connectivity index (χ0v) is 23.0. The fourth-order valence-electron chi connectivity index (χ4n) is 19.1. The minimum atomic E-state index is 0.352. The largest absolute Gasteiger partial charge is 0.0772 e. The summed E-state index contributed by atoms with van der Waals surface area (Å²) in [4.78, 5) is 0. The first-order chi connectivity index (χ1) is 19.7. The van der Waals surface area contributed by atoms with Gasteiger partial charge in [-0.05, 0) is 181 Å². The lowest BCUT2D eigenvalue weighted by Gasteiger charge is -2.53. The molecule has 0 aromatic heterocycles. The van der Waals surface area contributed by atoms with E-state index in [4.69, 9.17) is 0 Å². The summed E-state index contributed by atoms with van der Waals surface area (Å²) < 4.78 is 0. The topological polar surface area (TPSA) is 0 Å². The molecule has 5 fully saturated rings. The molecule has 0 bridgehead atoms.